The highest BCUT2D eigenvalue weighted by atomic mass is 19.1. The van der Waals surface area contributed by atoms with E-state index in [4.69, 9.17) is 4.74 Å². The zero-order chi connectivity index (χ0) is 18.4. The van der Waals surface area contributed by atoms with Gasteiger partial charge >= 0.3 is 5.97 Å². The zero-order valence-corrected chi connectivity index (χ0v) is 13.5. The molecule has 0 unspecified atom stereocenters. The Morgan fingerprint density at radius 1 is 1.20 bits per heavy atom. The smallest absolute Gasteiger partial charge is 0.326 e. The number of carboxylic acids is 1. The van der Waals surface area contributed by atoms with Gasteiger partial charge in [0.05, 0.1) is 13.5 Å². The Labute approximate surface area is 143 Å². The Hall–Kier alpha value is -2.96. The van der Waals surface area contributed by atoms with E-state index in [-0.39, 0.29) is 18.4 Å². The summed E-state index contributed by atoms with van der Waals surface area (Å²) in [5, 5.41) is 11.7. The van der Waals surface area contributed by atoms with Gasteiger partial charge in [-0.2, -0.15) is 0 Å². The van der Waals surface area contributed by atoms with Crippen molar-refractivity contribution in [2.24, 2.45) is 0 Å². The van der Waals surface area contributed by atoms with Crippen molar-refractivity contribution in [3.05, 3.63) is 65.2 Å². The lowest BCUT2D eigenvalue weighted by Crippen LogP contribution is -2.43. The number of methoxy groups -OCH3 is 1. The van der Waals surface area contributed by atoms with Crippen LogP contribution >= 0.6 is 0 Å². The summed E-state index contributed by atoms with van der Waals surface area (Å²) in [7, 11) is 1.49. The fourth-order valence-electron chi connectivity index (χ4n) is 2.32. The number of halogens is 2. The molecule has 2 rings (SSSR count). The van der Waals surface area contributed by atoms with Gasteiger partial charge in [-0.15, -0.1) is 0 Å². The van der Waals surface area contributed by atoms with Crippen LogP contribution < -0.4 is 10.1 Å². The minimum Gasteiger partial charge on any atom is -0.497 e. The highest BCUT2D eigenvalue weighted by Crippen LogP contribution is 2.15. The van der Waals surface area contributed by atoms with Crippen molar-refractivity contribution in [3.8, 4) is 5.75 Å². The van der Waals surface area contributed by atoms with Crippen LogP contribution in [0.3, 0.4) is 0 Å². The molecule has 1 amide bonds. The monoisotopic (exact) mass is 349 g/mol. The quantitative estimate of drug-likeness (QED) is 0.804. The van der Waals surface area contributed by atoms with Gasteiger partial charge in [-0.25, -0.2) is 13.6 Å². The number of carbonyl (C=O) groups excluding carboxylic acids is 1. The second-order valence-electron chi connectivity index (χ2n) is 5.43. The van der Waals surface area contributed by atoms with Crippen molar-refractivity contribution >= 4 is 11.9 Å². The average molecular weight is 349 g/mol. The maximum atomic E-state index is 13.6. The van der Waals surface area contributed by atoms with E-state index in [0.29, 0.717) is 17.4 Å². The Morgan fingerprint density at radius 2 is 1.96 bits per heavy atom. The Kier molecular flexibility index (Phi) is 6.05. The summed E-state index contributed by atoms with van der Waals surface area (Å²) in [5.74, 6) is -2.91. The van der Waals surface area contributed by atoms with E-state index in [9.17, 15) is 23.5 Å². The van der Waals surface area contributed by atoms with Crippen molar-refractivity contribution in [2.75, 3.05) is 7.11 Å². The number of rotatable bonds is 7. The summed E-state index contributed by atoms with van der Waals surface area (Å²) in [6, 6.07) is 8.50. The van der Waals surface area contributed by atoms with Crippen molar-refractivity contribution in [2.45, 2.75) is 18.9 Å². The number of ether oxygens (including phenoxy) is 1. The molecule has 25 heavy (non-hydrogen) atoms. The highest BCUT2D eigenvalue weighted by Gasteiger charge is 2.21. The fraction of sp³-hybridized carbons (Fsp3) is 0.222. The van der Waals surface area contributed by atoms with E-state index in [1.807, 2.05) is 0 Å². The molecule has 0 spiro atoms. The maximum absolute atomic E-state index is 13.6. The number of aliphatic carboxylic acids is 1. The van der Waals surface area contributed by atoms with Crippen LogP contribution in [0.25, 0.3) is 0 Å². The number of carbonyl (C=O) groups is 2. The third-order valence-corrected chi connectivity index (χ3v) is 3.57. The first-order chi connectivity index (χ1) is 11.9. The summed E-state index contributed by atoms with van der Waals surface area (Å²) in [5.41, 5.74) is 0.657. The number of hydrogen-bond acceptors (Lipinski definition) is 3. The Balaban J connectivity index is 2.05. The normalized spacial score (nSPS) is 11.6. The maximum Gasteiger partial charge on any atom is 0.326 e. The number of nitrogens with one attached hydrogen (secondary N) is 1. The van der Waals surface area contributed by atoms with Crippen molar-refractivity contribution in [1.29, 1.82) is 0 Å². The number of benzene rings is 2. The van der Waals surface area contributed by atoms with Gasteiger partial charge < -0.3 is 15.2 Å². The Bertz CT molecular complexity index is 779. The van der Waals surface area contributed by atoms with Crippen LogP contribution in [0.15, 0.2) is 42.5 Å². The molecule has 0 saturated carbocycles. The minimum absolute atomic E-state index is 0.00980. The van der Waals surface area contributed by atoms with Crippen LogP contribution in [0.5, 0.6) is 5.75 Å². The van der Waals surface area contributed by atoms with Gasteiger partial charge in [0.2, 0.25) is 5.91 Å². The third kappa shape index (κ3) is 5.27. The third-order valence-electron chi connectivity index (χ3n) is 3.57. The van der Waals surface area contributed by atoms with Gasteiger partial charge in [0.25, 0.3) is 0 Å². The predicted octanol–water partition coefficient (Wildman–Crippen LogP) is 2.33. The number of amides is 1. The topological polar surface area (TPSA) is 75.6 Å². The van der Waals surface area contributed by atoms with E-state index < -0.39 is 29.6 Å². The van der Waals surface area contributed by atoms with E-state index >= 15 is 0 Å². The molecule has 5 nitrogen and oxygen atoms in total. The largest absolute Gasteiger partial charge is 0.497 e. The molecular weight excluding hydrogens is 332 g/mol. The van der Waals surface area contributed by atoms with Crippen LogP contribution in [-0.2, 0) is 22.4 Å². The molecule has 7 heteroatoms. The van der Waals surface area contributed by atoms with Gasteiger partial charge in [0.1, 0.15) is 23.4 Å². The summed E-state index contributed by atoms with van der Waals surface area (Å²) >= 11 is 0. The van der Waals surface area contributed by atoms with Gasteiger partial charge in [-0.1, -0.05) is 18.2 Å². The molecule has 0 aromatic heterocycles. The summed E-state index contributed by atoms with van der Waals surface area (Å²) in [6.45, 7) is 0. The van der Waals surface area contributed by atoms with Crippen molar-refractivity contribution in [1.82, 2.24) is 5.32 Å². The first kappa shape index (κ1) is 18.4. The molecule has 0 aliphatic carbocycles. The second-order valence-corrected chi connectivity index (χ2v) is 5.43. The molecule has 0 aliphatic rings. The molecule has 0 heterocycles. The first-order valence-corrected chi connectivity index (χ1v) is 7.48. The number of carboxylic acid groups (broad SMARTS) is 1. The summed E-state index contributed by atoms with van der Waals surface area (Å²) in [4.78, 5) is 23.4. The van der Waals surface area contributed by atoms with E-state index in [2.05, 4.69) is 5.32 Å². The zero-order valence-electron chi connectivity index (χ0n) is 13.5. The van der Waals surface area contributed by atoms with Crippen LogP contribution in [0.1, 0.15) is 11.1 Å². The molecule has 2 aromatic carbocycles. The lowest BCUT2D eigenvalue weighted by atomic mass is 10.0. The molecule has 132 valence electrons. The molecule has 0 saturated heterocycles. The van der Waals surface area contributed by atoms with E-state index in [1.165, 1.54) is 7.11 Å². The summed E-state index contributed by atoms with van der Waals surface area (Å²) in [6.07, 6.45) is -0.335. The molecule has 2 aromatic rings. The molecule has 0 aliphatic heterocycles. The lowest BCUT2D eigenvalue weighted by Gasteiger charge is -2.15. The second kappa shape index (κ2) is 8.23. The standard InChI is InChI=1S/C18H17F2NO4/c1-25-14-4-2-3-11(7-14)8-16(18(23)24)21-17(22)9-12-5-6-13(19)10-15(12)20/h2-7,10,16H,8-9H2,1H3,(H,21,22)(H,23,24)/t16-/m0/s1. The number of hydrogen-bond donors (Lipinski definition) is 2. The fourth-order valence-corrected chi connectivity index (χ4v) is 2.32. The van der Waals surface area contributed by atoms with Crippen LogP contribution in [0.4, 0.5) is 8.78 Å². The minimum atomic E-state index is -1.21. The molecular formula is C18H17F2NO4. The molecule has 2 N–H and O–H groups in total. The van der Waals surface area contributed by atoms with Crippen molar-refractivity contribution < 1.29 is 28.2 Å². The molecule has 0 bridgehead atoms. The van der Waals surface area contributed by atoms with E-state index in [0.717, 1.165) is 12.1 Å². The lowest BCUT2D eigenvalue weighted by molar-refractivity contribution is -0.141. The average Bonchev–Trinajstić information content (AvgIpc) is 2.57. The van der Waals surface area contributed by atoms with Gasteiger partial charge in [0.15, 0.2) is 0 Å². The van der Waals surface area contributed by atoms with E-state index in [1.54, 1.807) is 24.3 Å². The van der Waals surface area contributed by atoms with Gasteiger partial charge in [0, 0.05) is 12.5 Å². The molecule has 0 fully saturated rings. The Morgan fingerprint density at radius 3 is 2.60 bits per heavy atom. The van der Waals surface area contributed by atoms with Crippen LogP contribution in [0, 0.1) is 11.6 Å². The first-order valence-electron chi connectivity index (χ1n) is 7.48. The SMILES string of the molecule is COc1cccc(C[C@H](NC(=O)Cc2ccc(F)cc2F)C(=O)O)c1. The highest BCUT2D eigenvalue weighted by molar-refractivity contribution is 5.85. The molecule has 0 radical (unpaired) electrons. The van der Waals surface area contributed by atoms with Gasteiger partial charge in [-0.3, -0.25) is 4.79 Å². The van der Waals surface area contributed by atoms with Gasteiger partial charge in [-0.05, 0) is 29.3 Å². The van der Waals surface area contributed by atoms with Crippen LogP contribution in [0.2, 0.25) is 0 Å². The van der Waals surface area contributed by atoms with Crippen molar-refractivity contribution in [3.63, 3.8) is 0 Å². The van der Waals surface area contributed by atoms with Crippen LogP contribution in [-0.4, -0.2) is 30.1 Å². The predicted molar refractivity (Wildman–Crippen MR) is 86.3 cm³/mol. The summed E-state index contributed by atoms with van der Waals surface area (Å²) < 4.78 is 31.5. The molecule has 1 atom stereocenters.